The van der Waals surface area contributed by atoms with Crippen molar-refractivity contribution in [3.05, 3.63) is 22.7 Å². The van der Waals surface area contributed by atoms with Crippen LogP contribution in [0.5, 0.6) is 11.5 Å². The van der Waals surface area contributed by atoms with Crippen LogP contribution in [0.15, 0.2) is 12.1 Å². The topological polar surface area (TPSA) is 79.8 Å². The monoisotopic (exact) mass is 376 g/mol. The third kappa shape index (κ3) is 4.45. The van der Waals surface area contributed by atoms with E-state index in [-0.39, 0.29) is 30.8 Å². The Morgan fingerprint density at radius 3 is 2.96 bits per heavy atom. The molecular weight excluding hydrogens is 355 g/mol. The molecule has 2 unspecified atom stereocenters. The van der Waals surface area contributed by atoms with E-state index in [1.807, 2.05) is 0 Å². The van der Waals surface area contributed by atoms with E-state index in [4.69, 9.17) is 21.1 Å². The molecule has 0 aliphatic carbocycles. The van der Waals surface area contributed by atoms with Crippen LogP contribution in [-0.2, 0) is 4.79 Å². The molecule has 3 rings (SSSR count). The fraction of sp³-hybridized carbons (Fsp3) is 0.562. The van der Waals surface area contributed by atoms with Crippen molar-refractivity contribution in [2.24, 2.45) is 5.92 Å². The van der Waals surface area contributed by atoms with Crippen molar-refractivity contribution < 1.29 is 19.4 Å². The molecule has 8 heteroatoms. The lowest BCUT2D eigenvalue weighted by Crippen LogP contribution is -2.41. The average Bonchev–Trinajstić information content (AvgIpc) is 2.60. The van der Waals surface area contributed by atoms with E-state index in [2.05, 4.69) is 10.6 Å². The predicted octanol–water partition coefficient (Wildman–Crippen LogP) is 1.68. The SMILES string of the molecule is Cl.O=C(NCC(O)c1cc(Cl)c2c(c1)OCCO2)C1CCCNC1. The van der Waals surface area contributed by atoms with E-state index < -0.39 is 6.10 Å². The Bertz CT molecular complexity index is 579. The number of ether oxygens (including phenoxy) is 2. The molecule has 0 aromatic heterocycles. The van der Waals surface area contributed by atoms with Gasteiger partial charge in [-0.2, -0.15) is 0 Å². The van der Waals surface area contributed by atoms with Gasteiger partial charge < -0.3 is 25.2 Å². The minimum Gasteiger partial charge on any atom is -0.486 e. The summed E-state index contributed by atoms with van der Waals surface area (Å²) in [4.78, 5) is 12.1. The van der Waals surface area contributed by atoms with Crippen LogP contribution in [0.3, 0.4) is 0 Å². The van der Waals surface area contributed by atoms with Gasteiger partial charge >= 0.3 is 0 Å². The molecule has 0 bridgehead atoms. The Labute approximate surface area is 152 Å². The van der Waals surface area contributed by atoms with Gasteiger partial charge in [0.05, 0.1) is 17.0 Å². The van der Waals surface area contributed by atoms with Crippen LogP contribution in [0.25, 0.3) is 0 Å². The van der Waals surface area contributed by atoms with Gasteiger partial charge in [-0.25, -0.2) is 0 Å². The van der Waals surface area contributed by atoms with Crippen molar-refractivity contribution >= 4 is 29.9 Å². The molecule has 1 aromatic rings. The lowest BCUT2D eigenvalue weighted by atomic mass is 9.98. The predicted molar refractivity (Wildman–Crippen MR) is 93.3 cm³/mol. The first-order chi connectivity index (χ1) is 11.1. The highest BCUT2D eigenvalue weighted by Crippen LogP contribution is 2.39. The fourth-order valence-corrected chi connectivity index (χ4v) is 3.13. The summed E-state index contributed by atoms with van der Waals surface area (Å²) in [5, 5.41) is 16.7. The average molecular weight is 377 g/mol. The maximum atomic E-state index is 12.1. The zero-order chi connectivity index (χ0) is 16.2. The summed E-state index contributed by atoms with van der Waals surface area (Å²) in [6, 6.07) is 3.35. The quantitative estimate of drug-likeness (QED) is 0.744. The number of rotatable bonds is 4. The summed E-state index contributed by atoms with van der Waals surface area (Å²) in [7, 11) is 0. The molecule has 1 saturated heterocycles. The molecule has 1 aromatic carbocycles. The number of hydrogen-bond acceptors (Lipinski definition) is 5. The number of halogens is 2. The molecule has 1 fully saturated rings. The second-order valence-corrected chi connectivity index (χ2v) is 6.24. The molecule has 2 aliphatic heterocycles. The standard InChI is InChI=1S/C16H21ClN2O4.ClH/c17-12-6-11(7-14-15(12)23-5-4-22-14)13(20)9-19-16(21)10-2-1-3-18-8-10;/h6-7,10,13,18,20H,1-5,8-9H2,(H,19,21);1H. The lowest BCUT2D eigenvalue weighted by molar-refractivity contribution is -0.125. The van der Waals surface area contributed by atoms with E-state index in [1.165, 1.54) is 0 Å². The minimum atomic E-state index is -0.844. The molecule has 6 nitrogen and oxygen atoms in total. The Morgan fingerprint density at radius 1 is 1.42 bits per heavy atom. The maximum Gasteiger partial charge on any atom is 0.224 e. The highest BCUT2D eigenvalue weighted by molar-refractivity contribution is 6.32. The van der Waals surface area contributed by atoms with E-state index >= 15 is 0 Å². The molecule has 1 amide bonds. The highest BCUT2D eigenvalue weighted by atomic mass is 35.5. The summed E-state index contributed by atoms with van der Waals surface area (Å²) < 4.78 is 11.0. The van der Waals surface area contributed by atoms with Gasteiger partial charge in [0.15, 0.2) is 11.5 Å². The summed E-state index contributed by atoms with van der Waals surface area (Å²) in [6.07, 6.45) is 1.03. The van der Waals surface area contributed by atoms with Crippen molar-refractivity contribution in [2.45, 2.75) is 18.9 Å². The van der Waals surface area contributed by atoms with Crippen LogP contribution in [-0.4, -0.2) is 43.9 Å². The summed E-state index contributed by atoms with van der Waals surface area (Å²) in [5.41, 5.74) is 0.598. The van der Waals surface area contributed by atoms with Crippen LogP contribution >= 0.6 is 24.0 Å². The van der Waals surface area contributed by atoms with Gasteiger partial charge in [-0.1, -0.05) is 11.6 Å². The fourth-order valence-electron chi connectivity index (χ4n) is 2.86. The van der Waals surface area contributed by atoms with Gasteiger partial charge in [-0.15, -0.1) is 12.4 Å². The normalized spacial score (nSPS) is 20.7. The largest absolute Gasteiger partial charge is 0.486 e. The van der Waals surface area contributed by atoms with Gasteiger partial charge in [0.25, 0.3) is 0 Å². The van der Waals surface area contributed by atoms with Crippen LogP contribution in [0.2, 0.25) is 5.02 Å². The Kier molecular flexibility index (Phi) is 6.98. The van der Waals surface area contributed by atoms with Crippen LogP contribution in [0, 0.1) is 5.92 Å². The van der Waals surface area contributed by atoms with Gasteiger partial charge in [-0.3, -0.25) is 4.79 Å². The Balaban J connectivity index is 0.00000208. The summed E-state index contributed by atoms with van der Waals surface area (Å²) >= 11 is 6.16. The van der Waals surface area contributed by atoms with Crippen LogP contribution in [0.1, 0.15) is 24.5 Å². The summed E-state index contributed by atoms with van der Waals surface area (Å²) in [6.45, 7) is 2.71. The second-order valence-electron chi connectivity index (χ2n) is 5.83. The third-order valence-electron chi connectivity index (χ3n) is 4.14. The highest BCUT2D eigenvalue weighted by Gasteiger charge is 2.23. The number of benzene rings is 1. The molecule has 0 radical (unpaired) electrons. The van der Waals surface area contributed by atoms with Crippen LogP contribution < -0.4 is 20.1 Å². The smallest absolute Gasteiger partial charge is 0.224 e. The van der Waals surface area contributed by atoms with Crippen molar-refractivity contribution in [3.8, 4) is 11.5 Å². The zero-order valence-electron chi connectivity index (χ0n) is 13.2. The molecule has 2 heterocycles. The van der Waals surface area contributed by atoms with E-state index in [0.717, 1.165) is 19.4 Å². The van der Waals surface area contributed by atoms with E-state index in [0.29, 0.717) is 41.8 Å². The van der Waals surface area contributed by atoms with E-state index in [9.17, 15) is 9.90 Å². The van der Waals surface area contributed by atoms with E-state index in [1.54, 1.807) is 12.1 Å². The number of aliphatic hydroxyl groups excluding tert-OH is 1. The molecular formula is C16H22Cl2N2O4. The van der Waals surface area contributed by atoms with Crippen molar-refractivity contribution in [1.82, 2.24) is 10.6 Å². The second kappa shape index (κ2) is 8.76. The Morgan fingerprint density at radius 2 is 2.21 bits per heavy atom. The van der Waals surface area contributed by atoms with Crippen molar-refractivity contribution in [3.63, 3.8) is 0 Å². The third-order valence-corrected chi connectivity index (χ3v) is 4.42. The lowest BCUT2D eigenvalue weighted by Gasteiger charge is -2.23. The summed E-state index contributed by atoms with van der Waals surface area (Å²) in [5.74, 6) is 0.978. The van der Waals surface area contributed by atoms with Gasteiger partial charge in [0, 0.05) is 13.1 Å². The molecule has 2 aliphatic rings. The first kappa shape index (κ1) is 19.1. The first-order valence-corrected chi connectivity index (χ1v) is 8.28. The molecule has 134 valence electrons. The number of carbonyl (C=O) groups excluding carboxylic acids is 1. The van der Waals surface area contributed by atoms with Crippen molar-refractivity contribution in [1.29, 1.82) is 0 Å². The number of fused-ring (bicyclic) bond motifs is 1. The number of carbonyl (C=O) groups is 1. The minimum absolute atomic E-state index is 0. The number of amides is 1. The molecule has 0 spiro atoms. The first-order valence-electron chi connectivity index (χ1n) is 7.90. The van der Waals surface area contributed by atoms with Gasteiger partial charge in [0.1, 0.15) is 13.2 Å². The maximum absolute atomic E-state index is 12.1. The number of nitrogens with one attached hydrogen (secondary N) is 2. The number of aliphatic hydroxyl groups is 1. The van der Waals surface area contributed by atoms with Gasteiger partial charge in [0.2, 0.25) is 5.91 Å². The zero-order valence-corrected chi connectivity index (χ0v) is 14.8. The molecule has 3 N–H and O–H groups in total. The van der Waals surface area contributed by atoms with Gasteiger partial charge in [-0.05, 0) is 37.1 Å². The number of hydrogen-bond donors (Lipinski definition) is 3. The number of piperidine rings is 1. The van der Waals surface area contributed by atoms with Crippen LogP contribution in [0.4, 0.5) is 0 Å². The van der Waals surface area contributed by atoms with Crippen molar-refractivity contribution in [2.75, 3.05) is 32.8 Å². The molecule has 0 saturated carbocycles. The molecule has 24 heavy (non-hydrogen) atoms. The molecule has 2 atom stereocenters. The Hall–Kier alpha value is -1.21.